The zero-order valence-corrected chi connectivity index (χ0v) is 18.9. The summed E-state index contributed by atoms with van der Waals surface area (Å²) < 4.78 is 0. The Hall–Kier alpha value is -4.54. The van der Waals surface area contributed by atoms with Gasteiger partial charge in [0, 0.05) is 24.7 Å². The highest BCUT2D eigenvalue weighted by molar-refractivity contribution is 5.96. The third-order valence-corrected chi connectivity index (χ3v) is 4.68. The summed E-state index contributed by atoms with van der Waals surface area (Å²) in [7, 11) is 0. The number of rotatable bonds is 16. The van der Waals surface area contributed by atoms with Crippen molar-refractivity contribution in [3.8, 4) is 0 Å². The maximum atomic E-state index is 12.8. The topological polar surface area (TPSA) is 303 Å². The van der Waals surface area contributed by atoms with Gasteiger partial charge in [0.25, 0.3) is 0 Å². The molecular formula is C19H28N8O9. The number of carbonyl (C=O) groups is 7. The first kappa shape index (κ1) is 29.5. The molecule has 0 fully saturated rings. The number of hydrogen-bond acceptors (Lipinski definition) is 9. The van der Waals surface area contributed by atoms with Crippen molar-refractivity contribution >= 4 is 41.5 Å². The molecule has 0 saturated heterocycles. The Kier molecular flexibility index (Phi) is 11.5. The molecule has 1 heterocycles. The number of aliphatic carboxylic acids is 2. The molecule has 17 nitrogen and oxygen atoms in total. The van der Waals surface area contributed by atoms with Crippen LogP contribution in [-0.2, 0) is 40.0 Å². The fraction of sp³-hybridized carbons (Fsp3) is 0.474. The van der Waals surface area contributed by atoms with Gasteiger partial charge >= 0.3 is 11.9 Å². The number of imidazole rings is 1. The SMILES string of the molecule is NC(=O)CCC(NC(=O)C(N)Cc1cnc[nH]1)C(=O)NC(CC(N)=O)C(=O)NC(CC(=O)O)C(=O)O. The van der Waals surface area contributed by atoms with Gasteiger partial charge in [0.05, 0.1) is 25.2 Å². The lowest BCUT2D eigenvalue weighted by molar-refractivity contribution is -0.147. The first-order valence-electron chi connectivity index (χ1n) is 10.4. The molecule has 0 bridgehead atoms. The average Bonchev–Trinajstić information content (AvgIpc) is 3.27. The van der Waals surface area contributed by atoms with Crippen LogP contribution in [0, 0.1) is 0 Å². The number of primary amides is 2. The van der Waals surface area contributed by atoms with Crippen molar-refractivity contribution in [2.75, 3.05) is 0 Å². The van der Waals surface area contributed by atoms with Gasteiger partial charge in [-0.3, -0.25) is 28.8 Å². The Labute approximate surface area is 203 Å². The van der Waals surface area contributed by atoms with E-state index in [2.05, 4.69) is 20.6 Å². The second-order valence-electron chi connectivity index (χ2n) is 7.68. The summed E-state index contributed by atoms with van der Waals surface area (Å²) in [4.78, 5) is 89.1. The molecular weight excluding hydrogens is 484 g/mol. The molecule has 36 heavy (non-hydrogen) atoms. The Morgan fingerprint density at radius 1 is 0.861 bits per heavy atom. The van der Waals surface area contributed by atoms with Crippen LogP contribution >= 0.6 is 0 Å². The van der Waals surface area contributed by atoms with Crippen molar-refractivity contribution < 1.29 is 43.8 Å². The molecule has 0 saturated carbocycles. The fourth-order valence-corrected chi connectivity index (χ4v) is 2.89. The lowest BCUT2D eigenvalue weighted by Gasteiger charge is -2.24. The average molecular weight is 512 g/mol. The number of carboxylic acid groups (broad SMARTS) is 2. The minimum Gasteiger partial charge on any atom is -0.481 e. The van der Waals surface area contributed by atoms with Gasteiger partial charge < -0.3 is 48.3 Å². The molecule has 5 amide bonds. The molecule has 4 atom stereocenters. The van der Waals surface area contributed by atoms with Crippen LogP contribution in [0.15, 0.2) is 12.5 Å². The summed E-state index contributed by atoms with van der Waals surface area (Å²) >= 11 is 0. The summed E-state index contributed by atoms with van der Waals surface area (Å²) in [5, 5.41) is 24.3. The summed E-state index contributed by atoms with van der Waals surface area (Å²) in [6, 6.07) is -6.16. The zero-order chi connectivity index (χ0) is 27.4. The number of nitrogens with one attached hydrogen (secondary N) is 4. The Morgan fingerprint density at radius 3 is 1.94 bits per heavy atom. The molecule has 4 unspecified atom stereocenters. The van der Waals surface area contributed by atoms with Crippen LogP contribution in [0.3, 0.4) is 0 Å². The number of hydrogen-bond donors (Lipinski definition) is 9. The normalized spacial score (nSPS) is 13.9. The summed E-state index contributed by atoms with van der Waals surface area (Å²) in [6.07, 6.45) is 0.427. The molecule has 0 aliphatic rings. The van der Waals surface area contributed by atoms with E-state index in [9.17, 15) is 33.6 Å². The van der Waals surface area contributed by atoms with Crippen molar-refractivity contribution in [1.82, 2.24) is 25.9 Å². The van der Waals surface area contributed by atoms with Gasteiger partial charge in [0.15, 0.2) is 0 Å². The van der Waals surface area contributed by atoms with Crippen LogP contribution in [0.2, 0.25) is 0 Å². The van der Waals surface area contributed by atoms with E-state index in [1.807, 2.05) is 5.32 Å². The highest BCUT2D eigenvalue weighted by Gasteiger charge is 2.32. The van der Waals surface area contributed by atoms with Crippen LogP contribution in [0.25, 0.3) is 0 Å². The highest BCUT2D eigenvalue weighted by Crippen LogP contribution is 2.04. The van der Waals surface area contributed by atoms with Gasteiger partial charge in [0.1, 0.15) is 18.1 Å². The van der Waals surface area contributed by atoms with Crippen molar-refractivity contribution in [3.63, 3.8) is 0 Å². The van der Waals surface area contributed by atoms with Crippen LogP contribution < -0.4 is 33.2 Å². The standard InChI is InChI=1S/C19H28N8O9/c20-9(3-8-6-23-7-24-8)16(32)25-10(1-2-13(21)28)17(33)26-11(4-14(22)29)18(34)27-12(19(35)36)5-15(30)31/h6-7,9-12H,1-5,20H2,(H2,21,28)(H2,22,29)(H,23,24)(H,25,32)(H,26,33)(H,27,34)(H,30,31)(H,35,36). The molecule has 198 valence electrons. The number of H-pyrrole nitrogens is 1. The minimum absolute atomic E-state index is 0.0306. The fourth-order valence-electron chi connectivity index (χ4n) is 2.89. The van der Waals surface area contributed by atoms with E-state index in [-0.39, 0.29) is 19.3 Å². The second-order valence-corrected chi connectivity index (χ2v) is 7.68. The third kappa shape index (κ3) is 10.6. The van der Waals surface area contributed by atoms with E-state index in [0.717, 1.165) is 0 Å². The molecule has 0 aliphatic heterocycles. The van der Waals surface area contributed by atoms with Gasteiger partial charge in [-0.25, -0.2) is 9.78 Å². The number of aromatic nitrogens is 2. The number of amides is 5. The molecule has 17 heteroatoms. The molecule has 0 aromatic carbocycles. The number of aromatic amines is 1. The number of nitrogens with two attached hydrogens (primary N) is 3. The second kappa shape index (κ2) is 14.0. The van der Waals surface area contributed by atoms with Gasteiger partial charge in [-0.1, -0.05) is 0 Å². The number of carbonyl (C=O) groups excluding carboxylic acids is 5. The van der Waals surface area contributed by atoms with Crippen LogP contribution in [0.4, 0.5) is 0 Å². The monoisotopic (exact) mass is 512 g/mol. The van der Waals surface area contributed by atoms with Crippen LogP contribution in [0.1, 0.15) is 31.4 Å². The third-order valence-electron chi connectivity index (χ3n) is 4.68. The number of nitrogens with zero attached hydrogens (tertiary/aromatic N) is 1. The van der Waals surface area contributed by atoms with Gasteiger partial charge in [-0.2, -0.15) is 0 Å². The molecule has 1 aromatic heterocycles. The van der Waals surface area contributed by atoms with Gasteiger partial charge in [-0.15, -0.1) is 0 Å². The zero-order valence-electron chi connectivity index (χ0n) is 18.9. The predicted molar refractivity (Wildman–Crippen MR) is 118 cm³/mol. The predicted octanol–water partition coefficient (Wildman–Crippen LogP) is -4.57. The first-order valence-corrected chi connectivity index (χ1v) is 10.4. The Bertz CT molecular complexity index is 982. The lowest BCUT2D eigenvalue weighted by Crippen LogP contribution is -2.58. The maximum Gasteiger partial charge on any atom is 0.326 e. The van der Waals surface area contributed by atoms with Crippen LogP contribution in [-0.4, -0.2) is 85.8 Å². The lowest BCUT2D eigenvalue weighted by atomic mass is 10.1. The maximum absolute atomic E-state index is 12.8. The highest BCUT2D eigenvalue weighted by atomic mass is 16.4. The van der Waals surface area contributed by atoms with Crippen molar-refractivity contribution in [2.24, 2.45) is 17.2 Å². The van der Waals surface area contributed by atoms with E-state index in [1.54, 1.807) is 0 Å². The van der Waals surface area contributed by atoms with E-state index < -0.39 is 78.5 Å². The summed E-state index contributed by atoms with van der Waals surface area (Å²) in [5.74, 6) is -8.10. The summed E-state index contributed by atoms with van der Waals surface area (Å²) in [5.41, 5.74) is 16.6. The quantitative estimate of drug-likeness (QED) is 0.101. The van der Waals surface area contributed by atoms with Crippen LogP contribution in [0.5, 0.6) is 0 Å². The van der Waals surface area contributed by atoms with E-state index in [1.165, 1.54) is 12.5 Å². The van der Waals surface area contributed by atoms with E-state index in [4.69, 9.17) is 27.4 Å². The van der Waals surface area contributed by atoms with E-state index in [0.29, 0.717) is 5.69 Å². The molecule has 1 rings (SSSR count). The molecule has 12 N–H and O–H groups in total. The molecule has 0 aliphatic carbocycles. The largest absolute Gasteiger partial charge is 0.481 e. The van der Waals surface area contributed by atoms with Crippen molar-refractivity contribution in [2.45, 2.75) is 56.3 Å². The first-order chi connectivity index (χ1) is 16.8. The number of carboxylic acids is 2. The van der Waals surface area contributed by atoms with Gasteiger partial charge in [0.2, 0.25) is 29.5 Å². The van der Waals surface area contributed by atoms with Gasteiger partial charge in [-0.05, 0) is 6.42 Å². The Balaban J connectivity index is 3.00. The molecule has 0 radical (unpaired) electrons. The molecule has 1 aromatic rings. The van der Waals surface area contributed by atoms with E-state index >= 15 is 0 Å². The smallest absolute Gasteiger partial charge is 0.326 e. The summed E-state index contributed by atoms with van der Waals surface area (Å²) in [6.45, 7) is 0. The van der Waals surface area contributed by atoms with Crippen molar-refractivity contribution in [3.05, 3.63) is 18.2 Å². The Morgan fingerprint density at radius 2 is 1.44 bits per heavy atom. The minimum atomic E-state index is -1.87. The van der Waals surface area contributed by atoms with Crippen molar-refractivity contribution in [1.29, 1.82) is 0 Å². The molecule has 0 spiro atoms.